The van der Waals surface area contributed by atoms with Crippen molar-refractivity contribution in [2.45, 2.75) is 19.4 Å². The average molecular weight is 280 g/mol. The summed E-state index contributed by atoms with van der Waals surface area (Å²) in [5.74, 6) is 5.70. The van der Waals surface area contributed by atoms with Crippen LogP contribution in [0.25, 0.3) is 0 Å². The van der Waals surface area contributed by atoms with Gasteiger partial charge >= 0.3 is 0 Å². The molecule has 0 aromatic carbocycles. The monoisotopic (exact) mass is 280 g/mol. The molecule has 0 spiro atoms. The molecule has 1 aromatic heterocycles. The quantitative estimate of drug-likeness (QED) is 0.796. The van der Waals surface area contributed by atoms with Gasteiger partial charge in [0.1, 0.15) is 0 Å². The van der Waals surface area contributed by atoms with Crippen molar-refractivity contribution in [1.29, 1.82) is 0 Å². The summed E-state index contributed by atoms with van der Waals surface area (Å²) >= 11 is 1.44. The Kier molecular flexibility index (Phi) is 6.57. The standard InChI is InChI=1S/C14H20N2O2S/c1-11(9-16(2)3)15-14(18)12-8-13(19-10-12)6-4-5-7-17/h8,10-11,17H,5,7,9H2,1-3H3,(H,15,18). The molecule has 2 N–H and O–H groups in total. The van der Waals surface area contributed by atoms with E-state index in [9.17, 15) is 4.79 Å². The highest BCUT2D eigenvalue weighted by atomic mass is 32.1. The first kappa shape index (κ1) is 15.7. The van der Waals surface area contributed by atoms with Gasteiger partial charge in [-0.1, -0.05) is 11.8 Å². The van der Waals surface area contributed by atoms with Gasteiger partial charge in [-0.15, -0.1) is 11.3 Å². The smallest absolute Gasteiger partial charge is 0.252 e. The van der Waals surface area contributed by atoms with Crippen molar-refractivity contribution in [2.75, 3.05) is 27.2 Å². The zero-order valence-electron chi connectivity index (χ0n) is 11.6. The summed E-state index contributed by atoms with van der Waals surface area (Å²) in [4.78, 5) is 14.8. The number of rotatable bonds is 5. The van der Waals surface area contributed by atoms with Crippen LogP contribution < -0.4 is 5.32 Å². The van der Waals surface area contributed by atoms with Crippen LogP contribution in [0.2, 0.25) is 0 Å². The first-order valence-corrected chi connectivity index (χ1v) is 7.04. The van der Waals surface area contributed by atoms with Gasteiger partial charge in [-0.2, -0.15) is 0 Å². The molecule has 1 heterocycles. The molecule has 0 radical (unpaired) electrons. The van der Waals surface area contributed by atoms with Crippen LogP contribution in [0, 0.1) is 11.8 Å². The Morgan fingerprint density at radius 2 is 2.32 bits per heavy atom. The molecule has 0 aliphatic rings. The molecule has 1 amide bonds. The first-order valence-electron chi connectivity index (χ1n) is 6.16. The lowest BCUT2D eigenvalue weighted by Gasteiger charge is -2.17. The number of hydrogen-bond acceptors (Lipinski definition) is 4. The fraction of sp³-hybridized carbons (Fsp3) is 0.500. The van der Waals surface area contributed by atoms with Crippen LogP contribution >= 0.6 is 11.3 Å². The third-order valence-corrected chi connectivity index (χ3v) is 3.17. The van der Waals surface area contributed by atoms with Crippen LogP contribution in [0.15, 0.2) is 11.4 Å². The van der Waals surface area contributed by atoms with Gasteiger partial charge in [-0.3, -0.25) is 4.79 Å². The molecule has 5 heteroatoms. The van der Waals surface area contributed by atoms with E-state index < -0.39 is 0 Å². The molecule has 1 atom stereocenters. The lowest BCUT2D eigenvalue weighted by molar-refractivity contribution is 0.0935. The van der Waals surface area contributed by atoms with Gasteiger partial charge in [-0.25, -0.2) is 0 Å². The molecule has 1 unspecified atom stereocenters. The highest BCUT2D eigenvalue weighted by Crippen LogP contribution is 2.13. The summed E-state index contributed by atoms with van der Waals surface area (Å²) in [6.45, 7) is 2.85. The minimum absolute atomic E-state index is 0.0633. The Bertz CT molecular complexity index is 471. The van der Waals surface area contributed by atoms with Crippen LogP contribution in [0.4, 0.5) is 0 Å². The minimum Gasteiger partial charge on any atom is -0.395 e. The molecular weight excluding hydrogens is 260 g/mol. The van der Waals surface area contributed by atoms with E-state index in [2.05, 4.69) is 17.2 Å². The topological polar surface area (TPSA) is 52.6 Å². The normalized spacial score (nSPS) is 11.8. The molecule has 0 saturated carbocycles. The average Bonchev–Trinajstić information content (AvgIpc) is 2.77. The first-order chi connectivity index (χ1) is 9.02. The van der Waals surface area contributed by atoms with E-state index in [1.54, 1.807) is 11.4 Å². The predicted molar refractivity (Wildman–Crippen MR) is 78.4 cm³/mol. The van der Waals surface area contributed by atoms with E-state index in [4.69, 9.17) is 5.11 Å². The second kappa shape index (κ2) is 7.95. The van der Waals surface area contributed by atoms with Gasteiger partial charge in [0.15, 0.2) is 0 Å². The maximum atomic E-state index is 12.0. The summed E-state index contributed by atoms with van der Waals surface area (Å²) in [6.07, 6.45) is 0.458. The van der Waals surface area contributed by atoms with Gasteiger partial charge in [0.2, 0.25) is 0 Å². The van der Waals surface area contributed by atoms with Crippen molar-refractivity contribution in [3.63, 3.8) is 0 Å². The second-order valence-corrected chi connectivity index (χ2v) is 5.52. The van der Waals surface area contributed by atoms with Crippen molar-refractivity contribution in [1.82, 2.24) is 10.2 Å². The molecule has 1 rings (SSSR count). The van der Waals surface area contributed by atoms with Crippen LogP contribution in [-0.4, -0.2) is 49.2 Å². The Hall–Kier alpha value is -1.35. The summed E-state index contributed by atoms with van der Waals surface area (Å²) in [5, 5.41) is 13.4. The number of aliphatic hydroxyl groups excluding tert-OH is 1. The fourth-order valence-electron chi connectivity index (χ4n) is 1.63. The maximum absolute atomic E-state index is 12.0. The lowest BCUT2D eigenvalue weighted by Crippen LogP contribution is -2.39. The molecule has 19 heavy (non-hydrogen) atoms. The van der Waals surface area contributed by atoms with E-state index >= 15 is 0 Å². The summed E-state index contributed by atoms with van der Waals surface area (Å²) in [6, 6.07) is 1.89. The van der Waals surface area contributed by atoms with E-state index in [0.29, 0.717) is 12.0 Å². The summed E-state index contributed by atoms with van der Waals surface area (Å²) in [5.41, 5.74) is 0.643. The van der Waals surface area contributed by atoms with Crippen molar-refractivity contribution in [3.05, 3.63) is 21.9 Å². The van der Waals surface area contributed by atoms with Crippen LogP contribution in [-0.2, 0) is 0 Å². The number of nitrogens with one attached hydrogen (secondary N) is 1. The van der Waals surface area contributed by atoms with Crippen LogP contribution in [0.5, 0.6) is 0 Å². The number of amides is 1. The predicted octanol–water partition coefficient (Wildman–Crippen LogP) is 1.16. The lowest BCUT2D eigenvalue weighted by atomic mass is 10.2. The third kappa shape index (κ3) is 5.88. The van der Waals surface area contributed by atoms with E-state index in [-0.39, 0.29) is 18.6 Å². The Labute approximate surface area is 118 Å². The second-order valence-electron chi connectivity index (χ2n) is 4.61. The number of carbonyl (C=O) groups is 1. The molecule has 104 valence electrons. The Morgan fingerprint density at radius 1 is 1.58 bits per heavy atom. The number of thiophene rings is 1. The fourth-order valence-corrected chi connectivity index (χ4v) is 2.38. The number of aliphatic hydroxyl groups is 1. The van der Waals surface area contributed by atoms with E-state index in [1.807, 2.05) is 25.9 Å². The molecule has 0 aliphatic carbocycles. The van der Waals surface area contributed by atoms with Crippen LogP contribution in [0.1, 0.15) is 28.6 Å². The Morgan fingerprint density at radius 3 is 2.95 bits per heavy atom. The molecule has 0 saturated heterocycles. The molecular formula is C14H20N2O2S. The SMILES string of the molecule is CC(CN(C)C)NC(=O)c1csc(C#CCCO)c1. The Balaban J connectivity index is 2.56. The molecule has 1 aromatic rings. The summed E-state index contributed by atoms with van der Waals surface area (Å²) in [7, 11) is 3.95. The molecule has 4 nitrogen and oxygen atoms in total. The van der Waals surface area contributed by atoms with Gasteiger partial charge in [-0.05, 0) is 27.1 Å². The van der Waals surface area contributed by atoms with Crippen molar-refractivity contribution in [2.24, 2.45) is 0 Å². The van der Waals surface area contributed by atoms with Gasteiger partial charge in [0, 0.05) is 24.4 Å². The van der Waals surface area contributed by atoms with Gasteiger partial charge < -0.3 is 15.3 Å². The molecule has 0 fully saturated rings. The maximum Gasteiger partial charge on any atom is 0.252 e. The number of carbonyl (C=O) groups excluding carboxylic acids is 1. The van der Waals surface area contributed by atoms with Gasteiger partial charge in [0.05, 0.1) is 17.0 Å². The van der Waals surface area contributed by atoms with Crippen LogP contribution in [0.3, 0.4) is 0 Å². The molecule has 0 bridgehead atoms. The van der Waals surface area contributed by atoms with E-state index in [1.165, 1.54) is 11.3 Å². The minimum atomic E-state index is -0.0687. The number of nitrogens with zero attached hydrogens (tertiary/aromatic N) is 1. The highest BCUT2D eigenvalue weighted by molar-refractivity contribution is 7.10. The van der Waals surface area contributed by atoms with Crippen molar-refractivity contribution in [3.8, 4) is 11.8 Å². The summed E-state index contributed by atoms with van der Waals surface area (Å²) < 4.78 is 0. The highest BCUT2D eigenvalue weighted by Gasteiger charge is 2.11. The van der Waals surface area contributed by atoms with E-state index in [0.717, 1.165) is 11.4 Å². The van der Waals surface area contributed by atoms with Crippen molar-refractivity contribution < 1.29 is 9.90 Å². The largest absolute Gasteiger partial charge is 0.395 e. The number of likely N-dealkylation sites (N-methyl/N-ethyl adjacent to an activating group) is 1. The molecule has 0 aliphatic heterocycles. The zero-order valence-corrected chi connectivity index (χ0v) is 12.4. The van der Waals surface area contributed by atoms with Gasteiger partial charge in [0.25, 0.3) is 5.91 Å². The third-order valence-electron chi connectivity index (χ3n) is 2.33. The van der Waals surface area contributed by atoms with Crippen molar-refractivity contribution >= 4 is 17.2 Å². The number of hydrogen-bond donors (Lipinski definition) is 2. The zero-order chi connectivity index (χ0) is 14.3.